The van der Waals surface area contributed by atoms with Crippen molar-refractivity contribution in [2.45, 2.75) is 0 Å². The van der Waals surface area contributed by atoms with E-state index in [1.165, 1.54) is 49.9 Å². The molecule has 8 nitrogen and oxygen atoms in total. The summed E-state index contributed by atoms with van der Waals surface area (Å²) in [5, 5.41) is 2.33. The highest BCUT2D eigenvalue weighted by Gasteiger charge is 2.43. The van der Waals surface area contributed by atoms with E-state index >= 15 is 0 Å². The fourth-order valence-electron chi connectivity index (χ4n) is 13.3. The predicted molar refractivity (Wildman–Crippen MR) is 362 cm³/mol. The Morgan fingerprint density at radius 3 is 1.28 bits per heavy atom. The number of para-hydroxylation sites is 5. The van der Waals surface area contributed by atoms with Gasteiger partial charge in [0, 0.05) is 78.3 Å². The lowest BCUT2D eigenvalue weighted by Gasteiger charge is -2.44. The third-order valence-electron chi connectivity index (χ3n) is 17.2. The summed E-state index contributed by atoms with van der Waals surface area (Å²) in [4.78, 5) is 31.3. The van der Waals surface area contributed by atoms with Gasteiger partial charge in [-0.15, -0.1) is 0 Å². The number of anilines is 6. The van der Waals surface area contributed by atoms with Crippen LogP contribution in [0, 0.1) is 0 Å². The summed E-state index contributed by atoms with van der Waals surface area (Å²) in [6.45, 7) is 0.0644. The van der Waals surface area contributed by atoms with Crippen molar-refractivity contribution in [2.24, 2.45) is 0 Å². The number of rotatable bonds is 10. The molecule has 0 aliphatic carbocycles. The van der Waals surface area contributed by atoms with E-state index in [0.29, 0.717) is 23.3 Å². The molecule has 15 aromatic rings. The van der Waals surface area contributed by atoms with Crippen molar-refractivity contribution < 1.29 is 0 Å². The van der Waals surface area contributed by atoms with Crippen molar-refractivity contribution in [3.63, 3.8) is 0 Å². The van der Waals surface area contributed by atoms with Gasteiger partial charge in [0.05, 0.1) is 28.1 Å². The third-order valence-corrected chi connectivity index (χ3v) is 17.2. The molecule has 2 aliphatic heterocycles. The van der Waals surface area contributed by atoms with E-state index in [1.807, 2.05) is 66.7 Å². The summed E-state index contributed by atoms with van der Waals surface area (Å²) in [5.74, 6) is 2.34. The van der Waals surface area contributed by atoms with Gasteiger partial charge in [0.1, 0.15) is 0 Å². The lowest BCUT2D eigenvalue weighted by atomic mass is 9.33. The highest BCUT2D eigenvalue weighted by Crippen LogP contribution is 2.45. The Kier molecular flexibility index (Phi) is 12.1. The molecule has 0 bridgehead atoms. The van der Waals surface area contributed by atoms with E-state index in [0.717, 1.165) is 84.0 Å². The van der Waals surface area contributed by atoms with E-state index in [-0.39, 0.29) is 6.71 Å². The van der Waals surface area contributed by atoms with Crippen molar-refractivity contribution in [2.75, 3.05) is 9.80 Å². The highest BCUT2D eigenvalue weighted by atomic mass is 15.2. The fourth-order valence-corrected chi connectivity index (χ4v) is 13.3. The molecule has 0 saturated heterocycles. The Bertz CT molecular complexity index is 5060. The van der Waals surface area contributed by atoms with Gasteiger partial charge in [-0.25, -0.2) is 24.9 Å². The molecule has 17 rings (SSSR count). The normalized spacial score (nSPS) is 12.2. The molecule has 0 spiro atoms. The van der Waals surface area contributed by atoms with Gasteiger partial charge in [-0.1, -0.05) is 224 Å². The molecule has 0 radical (unpaired) electrons. The molecule has 12 aromatic carbocycles. The molecule has 2 aliphatic rings. The van der Waals surface area contributed by atoms with E-state index in [1.54, 1.807) is 0 Å². The summed E-state index contributed by atoms with van der Waals surface area (Å²) in [5.41, 5.74) is 23.1. The molecule has 3 aromatic heterocycles. The molecule has 5 heterocycles. The van der Waals surface area contributed by atoms with Crippen LogP contribution in [-0.2, 0) is 0 Å². The first-order chi connectivity index (χ1) is 43.6. The summed E-state index contributed by atoms with van der Waals surface area (Å²) < 4.78 is 2.36. The van der Waals surface area contributed by atoms with Crippen molar-refractivity contribution in [1.29, 1.82) is 0 Å². The zero-order valence-corrected chi connectivity index (χ0v) is 47.6. The van der Waals surface area contributed by atoms with E-state index in [9.17, 15) is 0 Å². The maximum Gasteiger partial charge on any atom is 0.252 e. The minimum absolute atomic E-state index is 0.0644. The van der Waals surface area contributed by atoms with Crippen LogP contribution in [0.4, 0.5) is 34.1 Å². The van der Waals surface area contributed by atoms with Crippen LogP contribution in [-0.4, -0.2) is 36.2 Å². The zero-order chi connectivity index (χ0) is 58.1. The Hall–Kier alpha value is -11.8. The number of hydrogen-bond acceptors (Lipinski definition) is 7. The first-order valence-electron chi connectivity index (χ1n) is 29.8. The molecule has 88 heavy (non-hydrogen) atoms. The second-order valence-electron chi connectivity index (χ2n) is 22.4. The molecule has 0 fully saturated rings. The summed E-state index contributed by atoms with van der Waals surface area (Å²) in [7, 11) is 0. The van der Waals surface area contributed by atoms with Crippen LogP contribution in [0.1, 0.15) is 0 Å². The van der Waals surface area contributed by atoms with Gasteiger partial charge in [0.15, 0.2) is 23.3 Å². The Morgan fingerprint density at radius 1 is 0.250 bits per heavy atom. The second-order valence-corrected chi connectivity index (χ2v) is 22.4. The van der Waals surface area contributed by atoms with Crippen LogP contribution >= 0.6 is 0 Å². The first-order valence-corrected chi connectivity index (χ1v) is 29.8. The van der Waals surface area contributed by atoms with Crippen LogP contribution < -0.4 is 26.2 Å². The van der Waals surface area contributed by atoms with Crippen LogP contribution in [0.15, 0.2) is 309 Å². The van der Waals surface area contributed by atoms with Gasteiger partial charge in [-0.3, -0.25) is 0 Å². The molecule has 0 unspecified atom stereocenters. The van der Waals surface area contributed by atoms with E-state index < -0.39 is 0 Å². The average molecular weight is 1120 g/mol. The van der Waals surface area contributed by atoms with Gasteiger partial charge < -0.3 is 14.4 Å². The van der Waals surface area contributed by atoms with E-state index in [2.05, 4.69) is 257 Å². The van der Waals surface area contributed by atoms with Gasteiger partial charge in [0.2, 0.25) is 0 Å². The van der Waals surface area contributed by atoms with Crippen molar-refractivity contribution in [3.8, 4) is 84.9 Å². The topological polar surface area (TPSA) is 75.9 Å². The van der Waals surface area contributed by atoms with Crippen LogP contribution in [0.2, 0.25) is 0 Å². The van der Waals surface area contributed by atoms with Crippen molar-refractivity contribution >= 4 is 79.0 Å². The second kappa shape index (κ2) is 21.1. The molecule has 0 atom stereocenters. The SMILES string of the molecule is c1ccc(-c2cc(-c3cc(-c4nc(-c5ccccc5)nc(-c5ccccc5)n4)ccc3-n3c4ccccc4c4ccccc43)nc(-c3ccc(-c4cccc(N5c6ccccc6B6c7ccccc7N(c7ccccc7)c7cccc5c76)c4)cc3)n2)cc1. The van der Waals surface area contributed by atoms with Gasteiger partial charge in [-0.05, 0) is 112 Å². The largest absolute Gasteiger partial charge is 0.311 e. The predicted octanol–water partition coefficient (Wildman–Crippen LogP) is 17.5. The Labute approximate surface area is 509 Å². The zero-order valence-electron chi connectivity index (χ0n) is 47.6. The molecule has 0 saturated carbocycles. The molecular weight excluding hydrogens is 1070 g/mol. The number of fused-ring (bicyclic) bond motifs is 7. The third kappa shape index (κ3) is 8.58. The van der Waals surface area contributed by atoms with Crippen molar-refractivity contribution in [1.82, 2.24) is 29.5 Å². The molecular formula is C79H51BN8. The van der Waals surface area contributed by atoms with Gasteiger partial charge >= 0.3 is 0 Å². The van der Waals surface area contributed by atoms with Gasteiger partial charge in [-0.2, -0.15) is 0 Å². The quantitative estimate of drug-likeness (QED) is 0.126. The van der Waals surface area contributed by atoms with Crippen LogP contribution in [0.25, 0.3) is 107 Å². The summed E-state index contributed by atoms with van der Waals surface area (Å²) in [6, 6.07) is 109. The van der Waals surface area contributed by atoms with Crippen LogP contribution in [0.5, 0.6) is 0 Å². The standard InChI is InChI=1S/C79H51BN8/c1-5-23-53(24-6-1)66-51-67(63-50-58(47-48-70(63)88-68-37-17-13-33-61(68)62-34-14-18-38-69(62)88)79-84-77(54-25-7-2-8-26-54)83-78(85-79)55-27-9-3-10-28-55)82-76(81-66)56-45-43-52(44-46-56)57-29-21-32-60(49-57)87-72-40-20-16-36-65(72)80-64-35-15-19-39-71(64)86(59-30-11-4-12-31-59)73-41-22-42-74(87)75(73)80/h1-51H. The van der Waals surface area contributed by atoms with E-state index in [4.69, 9.17) is 24.9 Å². The summed E-state index contributed by atoms with van der Waals surface area (Å²) >= 11 is 0. The minimum Gasteiger partial charge on any atom is -0.311 e. The monoisotopic (exact) mass is 1120 g/mol. The highest BCUT2D eigenvalue weighted by molar-refractivity contribution is 7.00. The smallest absolute Gasteiger partial charge is 0.252 e. The fraction of sp³-hybridized carbons (Fsp3) is 0. The number of hydrogen-bond donors (Lipinski definition) is 0. The lowest BCUT2D eigenvalue weighted by molar-refractivity contribution is 1.07. The molecule has 410 valence electrons. The lowest BCUT2D eigenvalue weighted by Crippen LogP contribution is -2.61. The Balaban J connectivity index is 0.802. The van der Waals surface area contributed by atoms with Crippen molar-refractivity contribution in [3.05, 3.63) is 309 Å². The maximum atomic E-state index is 5.59. The number of nitrogens with zero attached hydrogens (tertiary/aromatic N) is 8. The number of benzene rings is 12. The minimum atomic E-state index is 0.0644. The van der Waals surface area contributed by atoms with Gasteiger partial charge in [0.25, 0.3) is 6.71 Å². The van der Waals surface area contributed by atoms with Crippen LogP contribution in [0.3, 0.4) is 0 Å². The number of aromatic nitrogens is 6. The molecule has 0 amide bonds. The summed E-state index contributed by atoms with van der Waals surface area (Å²) in [6.07, 6.45) is 0. The molecule has 9 heteroatoms. The Morgan fingerprint density at radius 2 is 0.670 bits per heavy atom. The average Bonchev–Trinajstić information content (AvgIpc) is 0.950. The first kappa shape index (κ1) is 50.7. The maximum absolute atomic E-state index is 5.59. The molecule has 0 N–H and O–H groups in total.